The number of nitrogens with zero attached hydrogens (tertiary/aromatic N) is 4. The summed E-state index contributed by atoms with van der Waals surface area (Å²) in [5, 5.41) is 2.60. The molecule has 26 heavy (non-hydrogen) atoms. The quantitative estimate of drug-likeness (QED) is 0.815. The zero-order valence-electron chi connectivity index (χ0n) is 15.7. The molecule has 0 radical (unpaired) electrons. The second-order valence-electron chi connectivity index (χ2n) is 7.53. The smallest absolute Gasteiger partial charge is 0.325 e. The number of aromatic nitrogens is 1. The van der Waals surface area contributed by atoms with E-state index in [9.17, 15) is 14.4 Å². The van der Waals surface area contributed by atoms with Crippen molar-refractivity contribution in [2.45, 2.75) is 38.3 Å². The van der Waals surface area contributed by atoms with Crippen LogP contribution >= 0.6 is 0 Å². The molecule has 0 aromatic carbocycles. The van der Waals surface area contributed by atoms with Crippen molar-refractivity contribution in [3.63, 3.8) is 0 Å². The lowest BCUT2D eigenvalue weighted by Gasteiger charge is -2.27. The van der Waals surface area contributed by atoms with Crippen molar-refractivity contribution < 1.29 is 14.4 Å². The van der Waals surface area contributed by atoms with Gasteiger partial charge < -0.3 is 15.1 Å². The number of urea groups is 1. The number of carbonyl (C=O) groups is 3. The number of amides is 4. The maximum Gasteiger partial charge on any atom is 0.325 e. The minimum absolute atomic E-state index is 0.0574. The molecule has 0 spiro atoms. The largest absolute Gasteiger partial charge is 0.363 e. The molecule has 0 bridgehead atoms. The van der Waals surface area contributed by atoms with Crippen LogP contribution in [-0.2, 0) is 9.59 Å². The molecule has 3 rings (SSSR count). The van der Waals surface area contributed by atoms with Crippen LogP contribution in [0.4, 0.5) is 10.6 Å². The van der Waals surface area contributed by atoms with Gasteiger partial charge in [0.1, 0.15) is 17.9 Å². The van der Waals surface area contributed by atoms with Crippen LogP contribution in [0.25, 0.3) is 0 Å². The van der Waals surface area contributed by atoms with E-state index in [0.717, 1.165) is 29.1 Å². The molecular formula is C18H25N5O3. The molecule has 2 fully saturated rings. The van der Waals surface area contributed by atoms with Crippen LogP contribution in [-0.4, -0.2) is 65.4 Å². The number of pyridine rings is 1. The Balaban J connectivity index is 1.76. The summed E-state index contributed by atoms with van der Waals surface area (Å²) in [6.07, 6.45) is 3.49. The number of rotatable bonds is 4. The highest BCUT2D eigenvalue weighted by Gasteiger charge is 2.45. The predicted molar refractivity (Wildman–Crippen MR) is 96.6 cm³/mol. The van der Waals surface area contributed by atoms with Crippen LogP contribution < -0.4 is 10.2 Å². The third-order valence-electron chi connectivity index (χ3n) is 4.92. The van der Waals surface area contributed by atoms with Crippen LogP contribution in [0.5, 0.6) is 0 Å². The zero-order chi connectivity index (χ0) is 19.1. The molecule has 8 heteroatoms. The van der Waals surface area contributed by atoms with E-state index in [2.05, 4.69) is 10.3 Å². The van der Waals surface area contributed by atoms with E-state index in [1.165, 1.54) is 0 Å². The van der Waals surface area contributed by atoms with Gasteiger partial charge in [-0.25, -0.2) is 9.78 Å². The van der Waals surface area contributed by atoms with Crippen molar-refractivity contribution in [2.75, 3.05) is 32.1 Å². The first kappa shape index (κ1) is 18.2. The van der Waals surface area contributed by atoms with Gasteiger partial charge in [0.25, 0.3) is 5.91 Å². The SMILES string of the molecule is CN(C)c1cc(C2CCCN2C(=O)CN2C(=O)NC(C)(C)C2=O)ccn1. The summed E-state index contributed by atoms with van der Waals surface area (Å²) in [6, 6.07) is 3.33. The normalized spacial score (nSPS) is 21.9. The van der Waals surface area contributed by atoms with Crippen LogP contribution in [0.2, 0.25) is 0 Å². The van der Waals surface area contributed by atoms with Crippen molar-refractivity contribution >= 4 is 23.7 Å². The molecule has 140 valence electrons. The molecule has 2 aliphatic rings. The number of imide groups is 1. The van der Waals surface area contributed by atoms with E-state index in [0.29, 0.717) is 6.54 Å². The Hall–Kier alpha value is -2.64. The van der Waals surface area contributed by atoms with Crippen LogP contribution in [0.15, 0.2) is 18.3 Å². The fourth-order valence-electron chi connectivity index (χ4n) is 3.49. The van der Waals surface area contributed by atoms with Crippen molar-refractivity contribution in [3.05, 3.63) is 23.9 Å². The molecule has 3 heterocycles. The van der Waals surface area contributed by atoms with Crippen LogP contribution in [0.1, 0.15) is 38.3 Å². The molecule has 4 amide bonds. The average Bonchev–Trinajstić information content (AvgIpc) is 3.14. The monoisotopic (exact) mass is 359 g/mol. The lowest BCUT2D eigenvalue weighted by molar-refractivity contribution is -0.139. The molecular weight excluding hydrogens is 334 g/mol. The van der Waals surface area contributed by atoms with Crippen molar-refractivity contribution in [2.24, 2.45) is 0 Å². The minimum atomic E-state index is -0.965. The van der Waals surface area contributed by atoms with E-state index in [-0.39, 0.29) is 24.4 Å². The maximum absolute atomic E-state index is 12.8. The van der Waals surface area contributed by atoms with Gasteiger partial charge in [0, 0.05) is 26.8 Å². The summed E-state index contributed by atoms with van der Waals surface area (Å²) < 4.78 is 0. The number of nitrogens with one attached hydrogen (secondary N) is 1. The molecule has 8 nitrogen and oxygen atoms in total. The third kappa shape index (κ3) is 3.23. The summed E-state index contributed by atoms with van der Waals surface area (Å²) in [7, 11) is 3.84. The Morgan fingerprint density at radius 3 is 2.73 bits per heavy atom. The standard InChI is InChI=1S/C18H25N5O3/c1-18(2)16(25)23(17(26)20-18)11-15(24)22-9-5-6-13(22)12-7-8-19-14(10-12)21(3)4/h7-8,10,13H,5-6,9,11H2,1-4H3,(H,20,26). The molecule has 0 aliphatic carbocycles. The number of hydrogen-bond donors (Lipinski definition) is 1. The number of carbonyl (C=O) groups excluding carboxylic acids is 3. The van der Waals surface area contributed by atoms with E-state index in [1.54, 1.807) is 24.9 Å². The molecule has 1 atom stereocenters. The van der Waals surface area contributed by atoms with E-state index < -0.39 is 11.6 Å². The lowest BCUT2D eigenvalue weighted by Crippen LogP contribution is -2.44. The molecule has 2 saturated heterocycles. The van der Waals surface area contributed by atoms with Crippen molar-refractivity contribution in [3.8, 4) is 0 Å². The molecule has 1 unspecified atom stereocenters. The van der Waals surface area contributed by atoms with E-state index >= 15 is 0 Å². The maximum atomic E-state index is 12.8. The Morgan fingerprint density at radius 2 is 2.12 bits per heavy atom. The first-order valence-electron chi connectivity index (χ1n) is 8.77. The van der Waals surface area contributed by atoms with Gasteiger partial charge in [0.05, 0.1) is 6.04 Å². The molecule has 2 aliphatic heterocycles. The fraction of sp³-hybridized carbons (Fsp3) is 0.556. The van der Waals surface area contributed by atoms with E-state index in [1.807, 2.05) is 31.1 Å². The van der Waals surface area contributed by atoms with Gasteiger partial charge in [0.2, 0.25) is 5.91 Å². The predicted octanol–water partition coefficient (Wildman–Crippen LogP) is 1.14. The number of anilines is 1. The Kier molecular flexibility index (Phi) is 4.60. The highest BCUT2D eigenvalue weighted by molar-refractivity contribution is 6.08. The van der Waals surface area contributed by atoms with Gasteiger partial charge >= 0.3 is 6.03 Å². The fourth-order valence-corrected chi connectivity index (χ4v) is 3.49. The van der Waals surface area contributed by atoms with Gasteiger partial charge in [-0.15, -0.1) is 0 Å². The second kappa shape index (κ2) is 6.59. The van der Waals surface area contributed by atoms with Crippen LogP contribution in [0, 0.1) is 0 Å². The topological polar surface area (TPSA) is 85.9 Å². The Morgan fingerprint density at radius 1 is 1.38 bits per heavy atom. The minimum Gasteiger partial charge on any atom is -0.363 e. The number of hydrogen-bond acceptors (Lipinski definition) is 5. The van der Waals surface area contributed by atoms with Gasteiger partial charge in [-0.2, -0.15) is 0 Å². The molecule has 1 N–H and O–H groups in total. The first-order chi connectivity index (χ1) is 12.2. The van der Waals surface area contributed by atoms with Gasteiger partial charge in [-0.3, -0.25) is 14.5 Å². The summed E-state index contributed by atoms with van der Waals surface area (Å²) in [6.45, 7) is 3.67. The molecule has 1 aromatic rings. The van der Waals surface area contributed by atoms with Gasteiger partial charge in [-0.1, -0.05) is 0 Å². The summed E-state index contributed by atoms with van der Waals surface area (Å²) in [5.41, 5.74) is 0.0556. The number of likely N-dealkylation sites (tertiary alicyclic amines) is 1. The summed E-state index contributed by atoms with van der Waals surface area (Å²) in [5.74, 6) is 0.250. The summed E-state index contributed by atoms with van der Waals surface area (Å²) >= 11 is 0. The van der Waals surface area contributed by atoms with Crippen molar-refractivity contribution in [1.82, 2.24) is 20.1 Å². The summed E-state index contributed by atoms with van der Waals surface area (Å²) in [4.78, 5) is 46.2. The molecule has 1 aromatic heterocycles. The first-order valence-corrected chi connectivity index (χ1v) is 8.77. The highest BCUT2D eigenvalue weighted by atomic mass is 16.2. The van der Waals surface area contributed by atoms with Gasteiger partial charge in [-0.05, 0) is 44.4 Å². The lowest BCUT2D eigenvalue weighted by atomic mass is 10.1. The van der Waals surface area contributed by atoms with Crippen LogP contribution in [0.3, 0.4) is 0 Å². The zero-order valence-corrected chi connectivity index (χ0v) is 15.7. The van der Waals surface area contributed by atoms with Crippen molar-refractivity contribution in [1.29, 1.82) is 0 Å². The highest BCUT2D eigenvalue weighted by Crippen LogP contribution is 2.33. The average molecular weight is 359 g/mol. The molecule has 0 saturated carbocycles. The Bertz CT molecular complexity index is 746. The Labute approximate surface area is 153 Å². The van der Waals surface area contributed by atoms with E-state index in [4.69, 9.17) is 0 Å². The second-order valence-corrected chi connectivity index (χ2v) is 7.53. The third-order valence-corrected chi connectivity index (χ3v) is 4.92. The van der Waals surface area contributed by atoms with Gasteiger partial charge in [0.15, 0.2) is 0 Å².